The second-order valence-electron chi connectivity index (χ2n) is 5.56. The van der Waals surface area contributed by atoms with Crippen molar-refractivity contribution < 1.29 is 4.79 Å². The predicted octanol–water partition coefficient (Wildman–Crippen LogP) is 1.92. The Labute approximate surface area is 108 Å². The van der Waals surface area contributed by atoms with Crippen LogP contribution in [0.25, 0.3) is 0 Å². The van der Waals surface area contributed by atoms with E-state index in [1.165, 1.54) is 12.8 Å². The molecule has 3 nitrogen and oxygen atoms in total. The van der Waals surface area contributed by atoms with E-state index in [0.717, 1.165) is 37.5 Å². The van der Waals surface area contributed by atoms with Crippen molar-refractivity contribution in [1.82, 2.24) is 10.6 Å². The molecule has 0 spiro atoms. The molecule has 0 radical (unpaired) electrons. The van der Waals surface area contributed by atoms with Gasteiger partial charge in [-0.25, -0.2) is 0 Å². The minimum absolute atomic E-state index is 0.212. The minimum Gasteiger partial charge on any atom is -0.352 e. The molecule has 2 N–H and O–H groups in total. The molecule has 0 aromatic rings. The summed E-state index contributed by atoms with van der Waals surface area (Å²) in [4.78, 5) is 12.3. The van der Waals surface area contributed by atoms with Crippen molar-refractivity contribution in [3.05, 3.63) is 0 Å². The van der Waals surface area contributed by atoms with Crippen molar-refractivity contribution in [3.63, 3.8) is 0 Å². The van der Waals surface area contributed by atoms with Crippen LogP contribution in [0.2, 0.25) is 0 Å². The summed E-state index contributed by atoms with van der Waals surface area (Å²) in [5, 5.41) is 7.36. The van der Waals surface area contributed by atoms with E-state index >= 15 is 0 Å². The summed E-state index contributed by atoms with van der Waals surface area (Å²) in [5.74, 6) is 0.212. The maximum absolute atomic E-state index is 12.3. The van der Waals surface area contributed by atoms with Crippen LogP contribution in [0, 0.1) is 0 Å². The average molecular weight is 256 g/mol. The zero-order valence-electron chi connectivity index (χ0n) is 10.9. The van der Waals surface area contributed by atoms with E-state index in [-0.39, 0.29) is 11.4 Å². The van der Waals surface area contributed by atoms with Crippen LogP contribution < -0.4 is 10.6 Å². The number of carbonyl (C=O) groups excluding carboxylic acids is 1. The van der Waals surface area contributed by atoms with E-state index in [2.05, 4.69) is 16.9 Å². The highest BCUT2D eigenvalue weighted by atomic mass is 32.2. The highest BCUT2D eigenvalue weighted by molar-refractivity contribution is 7.99. The lowest BCUT2D eigenvalue weighted by Crippen LogP contribution is -2.58. The first-order valence-corrected chi connectivity index (χ1v) is 8.01. The Balaban J connectivity index is 1.84. The van der Waals surface area contributed by atoms with Crippen LogP contribution in [0.5, 0.6) is 0 Å². The number of hydrogen-bond acceptors (Lipinski definition) is 3. The minimum atomic E-state index is -0.324. The standard InChI is InChI=1S/C13H24N2OS/c1-13(7-3-4-8-14-13)12(16)15-10-5-6-11(9-10)17-2/h10-11,14H,3-9H2,1-2H3,(H,15,16). The maximum Gasteiger partial charge on any atom is 0.240 e. The van der Waals surface area contributed by atoms with Crippen molar-refractivity contribution in [3.8, 4) is 0 Å². The number of amides is 1. The number of thioether (sulfide) groups is 1. The molecule has 1 aliphatic heterocycles. The Hall–Kier alpha value is -0.220. The van der Waals surface area contributed by atoms with Gasteiger partial charge in [0.15, 0.2) is 0 Å². The molecule has 4 heteroatoms. The summed E-state index contributed by atoms with van der Waals surface area (Å²) in [5.41, 5.74) is -0.324. The SMILES string of the molecule is CSC1CCC(NC(=O)C2(C)CCCCN2)C1. The van der Waals surface area contributed by atoms with Crippen LogP contribution in [0.3, 0.4) is 0 Å². The van der Waals surface area contributed by atoms with Gasteiger partial charge in [0.2, 0.25) is 5.91 Å². The topological polar surface area (TPSA) is 41.1 Å². The van der Waals surface area contributed by atoms with Gasteiger partial charge in [0.25, 0.3) is 0 Å². The van der Waals surface area contributed by atoms with Crippen LogP contribution in [0.15, 0.2) is 0 Å². The number of hydrogen-bond donors (Lipinski definition) is 2. The molecule has 0 bridgehead atoms. The Kier molecular flexibility index (Phi) is 4.36. The third-order valence-electron chi connectivity index (χ3n) is 4.17. The third-order valence-corrected chi connectivity index (χ3v) is 5.27. The molecule has 2 rings (SSSR count). The molecule has 0 aromatic heterocycles. The van der Waals surface area contributed by atoms with Gasteiger partial charge in [0, 0.05) is 11.3 Å². The van der Waals surface area contributed by atoms with E-state index in [0.29, 0.717) is 6.04 Å². The number of nitrogens with one attached hydrogen (secondary N) is 2. The zero-order chi connectivity index (χ0) is 12.3. The highest BCUT2D eigenvalue weighted by Gasteiger charge is 2.36. The summed E-state index contributed by atoms with van der Waals surface area (Å²) in [6.07, 6.45) is 9.03. The normalized spacial score (nSPS) is 38.0. The van der Waals surface area contributed by atoms with Gasteiger partial charge in [-0.2, -0.15) is 11.8 Å². The molecule has 0 aromatic carbocycles. The summed E-state index contributed by atoms with van der Waals surface area (Å²) in [7, 11) is 0. The highest BCUT2D eigenvalue weighted by Crippen LogP contribution is 2.29. The zero-order valence-corrected chi connectivity index (χ0v) is 11.7. The fourth-order valence-electron chi connectivity index (χ4n) is 2.88. The Morgan fingerprint density at radius 3 is 2.82 bits per heavy atom. The molecule has 17 heavy (non-hydrogen) atoms. The van der Waals surface area contributed by atoms with Gasteiger partial charge in [-0.15, -0.1) is 0 Å². The van der Waals surface area contributed by atoms with Crippen LogP contribution >= 0.6 is 11.8 Å². The van der Waals surface area contributed by atoms with Crippen molar-refractivity contribution in [2.24, 2.45) is 0 Å². The molecule has 1 saturated heterocycles. The maximum atomic E-state index is 12.3. The molecular formula is C13H24N2OS. The first kappa shape index (κ1) is 13.2. The molecule has 1 heterocycles. The summed E-state index contributed by atoms with van der Waals surface area (Å²) in [6.45, 7) is 3.02. The largest absolute Gasteiger partial charge is 0.352 e. The van der Waals surface area contributed by atoms with E-state index in [4.69, 9.17) is 0 Å². The molecule has 3 unspecified atom stereocenters. The lowest BCUT2D eigenvalue weighted by molar-refractivity contribution is -0.128. The van der Waals surface area contributed by atoms with E-state index in [1.54, 1.807) is 0 Å². The van der Waals surface area contributed by atoms with Crippen molar-refractivity contribution in [1.29, 1.82) is 0 Å². The Bertz CT molecular complexity index is 277. The van der Waals surface area contributed by atoms with E-state index < -0.39 is 0 Å². The van der Waals surface area contributed by atoms with Crippen LogP contribution in [-0.2, 0) is 4.79 Å². The third kappa shape index (κ3) is 3.16. The average Bonchev–Trinajstić information content (AvgIpc) is 2.78. The van der Waals surface area contributed by atoms with E-state index in [9.17, 15) is 4.79 Å². The predicted molar refractivity (Wildman–Crippen MR) is 73.3 cm³/mol. The molecule has 1 aliphatic carbocycles. The van der Waals surface area contributed by atoms with Gasteiger partial charge in [0.1, 0.15) is 0 Å². The van der Waals surface area contributed by atoms with Crippen LogP contribution in [-0.4, -0.2) is 35.5 Å². The first-order chi connectivity index (χ1) is 8.14. The van der Waals surface area contributed by atoms with Gasteiger partial charge in [0.05, 0.1) is 5.54 Å². The van der Waals surface area contributed by atoms with Gasteiger partial charge >= 0.3 is 0 Å². The van der Waals surface area contributed by atoms with Crippen LogP contribution in [0.4, 0.5) is 0 Å². The molecule has 3 atom stereocenters. The summed E-state index contributed by atoms with van der Waals surface area (Å²) < 4.78 is 0. The fraction of sp³-hybridized carbons (Fsp3) is 0.923. The van der Waals surface area contributed by atoms with Crippen molar-refractivity contribution >= 4 is 17.7 Å². The number of piperidine rings is 1. The van der Waals surface area contributed by atoms with Gasteiger partial charge in [-0.05, 0) is 58.2 Å². The fourth-order valence-corrected chi connectivity index (χ4v) is 3.68. The molecule has 98 valence electrons. The van der Waals surface area contributed by atoms with Crippen molar-refractivity contribution in [2.45, 2.75) is 62.3 Å². The lowest BCUT2D eigenvalue weighted by atomic mass is 9.90. The van der Waals surface area contributed by atoms with Crippen molar-refractivity contribution in [2.75, 3.05) is 12.8 Å². The monoisotopic (exact) mass is 256 g/mol. The Morgan fingerprint density at radius 1 is 1.41 bits per heavy atom. The quantitative estimate of drug-likeness (QED) is 0.810. The number of rotatable bonds is 3. The van der Waals surface area contributed by atoms with E-state index in [1.807, 2.05) is 18.7 Å². The lowest BCUT2D eigenvalue weighted by Gasteiger charge is -2.34. The van der Waals surface area contributed by atoms with Gasteiger partial charge in [-0.1, -0.05) is 0 Å². The summed E-state index contributed by atoms with van der Waals surface area (Å²) >= 11 is 1.93. The molecule has 1 saturated carbocycles. The molecule has 2 fully saturated rings. The molecule has 2 aliphatic rings. The molecular weight excluding hydrogens is 232 g/mol. The van der Waals surface area contributed by atoms with Gasteiger partial charge in [-0.3, -0.25) is 4.79 Å². The van der Waals surface area contributed by atoms with Gasteiger partial charge < -0.3 is 10.6 Å². The first-order valence-electron chi connectivity index (χ1n) is 6.73. The van der Waals surface area contributed by atoms with Crippen LogP contribution in [0.1, 0.15) is 45.4 Å². The smallest absolute Gasteiger partial charge is 0.240 e. The molecule has 1 amide bonds. The number of carbonyl (C=O) groups is 1. The second kappa shape index (κ2) is 5.61. The summed E-state index contributed by atoms with van der Waals surface area (Å²) in [6, 6.07) is 0.403. The Morgan fingerprint density at radius 2 is 2.24 bits per heavy atom. The second-order valence-corrected chi connectivity index (χ2v) is 6.70.